The fourth-order valence-corrected chi connectivity index (χ4v) is 3.88. The van der Waals surface area contributed by atoms with E-state index in [1.807, 2.05) is 0 Å². The first-order valence-corrected chi connectivity index (χ1v) is 10.8. The zero-order chi connectivity index (χ0) is 22.5. The van der Waals surface area contributed by atoms with Crippen LogP contribution in [0.15, 0.2) is 41.2 Å². The maximum Gasteiger partial charge on any atom is 0.258 e. The second-order valence-electron chi connectivity index (χ2n) is 8.68. The molecule has 0 spiro atoms. The van der Waals surface area contributed by atoms with Gasteiger partial charge in [0.25, 0.3) is 5.56 Å². The Morgan fingerprint density at radius 1 is 1.00 bits per heavy atom. The summed E-state index contributed by atoms with van der Waals surface area (Å²) in [5.41, 5.74) is 2.97. The van der Waals surface area contributed by atoms with Crippen molar-refractivity contribution in [3.63, 3.8) is 0 Å². The van der Waals surface area contributed by atoms with Crippen LogP contribution >= 0.6 is 0 Å². The molecule has 0 aliphatic rings. The number of hydrogen-bond donors (Lipinski definition) is 2. The van der Waals surface area contributed by atoms with Crippen LogP contribution in [0.1, 0.15) is 50.7 Å². The highest BCUT2D eigenvalue weighted by molar-refractivity contribution is 5.81. The van der Waals surface area contributed by atoms with Gasteiger partial charge in [-0.25, -0.2) is 4.98 Å². The van der Waals surface area contributed by atoms with Crippen LogP contribution in [0.5, 0.6) is 11.5 Å². The normalized spacial score (nSPS) is 12.5. The van der Waals surface area contributed by atoms with E-state index in [0.29, 0.717) is 46.6 Å². The molecule has 31 heavy (non-hydrogen) atoms. The Hall–Kier alpha value is -2.86. The minimum atomic E-state index is -0.193. The monoisotopic (exact) mass is 423 g/mol. The molecule has 0 fully saturated rings. The Balaban J connectivity index is 1.82. The van der Waals surface area contributed by atoms with Gasteiger partial charge >= 0.3 is 0 Å². The number of fused-ring (bicyclic) bond motifs is 1. The molecule has 0 bridgehead atoms. The molecule has 3 rings (SSSR count). The van der Waals surface area contributed by atoms with Crippen molar-refractivity contribution in [3.8, 4) is 11.5 Å². The van der Waals surface area contributed by atoms with Crippen LogP contribution in [0, 0.1) is 11.8 Å². The van der Waals surface area contributed by atoms with Crippen molar-refractivity contribution in [1.82, 2.24) is 15.3 Å². The molecular formula is C25H33N3O3. The highest BCUT2D eigenvalue weighted by Crippen LogP contribution is 2.30. The van der Waals surface area contributed by atoms with Gasteiger partial charge < -0.3 is 19.8 Å². The summed E-state index contributed by atoms with van der Waals surface area (Å²) >= 11 is 0. The number of hydrogen-bond acceptors (Lipinski definition) is 5. The lowest BCUT2D eigenvalue weighted by atomic mass is 9.93. The lowest BCUT2D eigenvalue weighted by Gasteiger charge is -2.23. The van der Waals surface area contributed by atoms with Gasteiger partial charge in [0, 0.05) is 12.1 Å². The third-order valence-corrected chi connectivity index (χ3v) is 5.40. The van der Waals surface area contributed by atoms with Crippen molar-refractivity contribution in [3.05, 3.63) is 63.7 Å². The summed E-state index contributed by atoms with van der Waals surface area (Å²) in [7, 11) is 3.12. The van der Waals surface area contributed by atoms with Crippen molar-refractivity contribution in [2.45, 2.75) is 46.7 Å². The first-order valence-electron chi connectivity index (χ1n) is 10.8. The Morgan fingerprint density at radius 3 is 2.23 bits per heavy atom. The number of methoxy groups -OCH3 is 2. The Labute approximate surface area is 184 Å². The van der Waals surface area contributed by atoms with Gasteiger partial charge in [-0.3, -0.25) is 4.79 Å². The second-order valence-corrected chi connectivity index (χ2v) is 8.68. The van der Waals surface area contributed by atoms with Gasteiger partial charge in [0.2, 0.25) is 0 Å². The maximum atomic E-state index is 12.6. The number of benzene rings is 2. The molecule has 0 radical (unpaired) electrons. The predicted octanol–water partition coefficient (Wildman–Crippen LogP) is 4.63. The van der Waals surface area contributed by atoms with Crippen LogP contribution in [0.4, 0.5) is 0 Å². The zero-order valence-electron chi connectivity index (χ0n) is 19.3. The van der Waals surface area contributed by atoms with E-state index in [1.54, 1.807) is 26.4 Å². The summed E-state index contributed by atoms with van der Waals surface area (Å²) in [5, 5.41) is 4.04. The van der Waals surface area contributed by atoms with Crippen molar-refractivity contribution >= 4 is 10.9 Å². The lowest BCUT2D eigenvalue weighted by molar-refractivity contribution is 0.355. The molecule has 1 heterocycles. The van der Waals surface area contributed by atoms with E-state index >= 15 is 0 Å². The molecule has 3 aromatic rings. The van der Waals surface area contributed by atoms with Crippen molar-refractivity contribution in [1.29, 1.82) is 0 Å². The van der Waals surface area contributed by atoms with Crippen molar-refractivity contribution in [2.75, 3.05) is 14.2 Å². The fourth-order valence-electron chi connectivity index (χ4n) is 3.88. The standard InChI is InChI=1S/C25H33N3O3/c1-15(2)11-17-7-9-18(10-8-17)24(16(3)4)26-14-23-27-20-13-22(31-6)21(30-5)12-19(20)25(29)28-23/h7-10,12-13,15-16,24,26H,11,14H2,1-6H3,(H,27,28,29)/t24-/m0/s1. The predicted molar refractivity (Wildman–Crippen MR) is 125 cm³/mol. The first-order chi connectivity index (χ1) is 14.8. The third kappa shape index (κ3) is 5.44. The van der Waals surface area contributed by atoms with Gasteiger partial charge in [-0.05, 0) is 35.4 Å². The van der Waals surface area contributed by atoms with E-state index < -0.39 is 0 Å². The zero-order valence-corrected chi connectivity index (χ0v) is 19.3. The number of rotatable bonds is 9. The molecule has 2 N–H and O–H groups in total. The van der Waals surface area contributed by atoms with Gasteiger partial charge in [-0.2, -0.15) is 0 Å². The largest absolute Gasteiger partial charge is 0.493 e. The molecule has 6 heteroatoms. The smallest absolute Gasteiger partial charge is 0.258 e. The van der Waals surface area contributed by atoms with E-state index in [0.717, 1.165) is 6.42 Å². The lowest BCUT2D eigenvalue weighted by Crippen LogP contribution is -2.27. The molecule has 166 valence electrons. The van der Waals surface area contributed by atoms with Crippen molar-refractivity contribution < 1.29 is 9.47 Å². The van der Waals surface area contributed by atoms with Gasteiger partial charge in [0.15, 0.2) is 11.5 Å². The topological polar surface area (TPSA) is 76.2 Å². The molecular weight excluding hydrogens is 390 g/mol. The maximum absolute atomic E-state index is 12.6. The fraction of sp³-hybridized carbons (Fsp3) is 0.440. The summed E-state index contributed by atoms with van der Waals surface area (Å²) in [6, 6.07) is 12.4. The minimum absolute atomic E-state index is 0.152. The summed E-state index contributed by atoms with van der Waals surface area (Å²) in [6.07, 6.45) is 1.08. The van der Waals surface area contributed by atoms with Crippen LogP contribution in [0.25, 0.3) is 10.9 Å². The SMILES string of the molecule is COc1cc2nc(CN[C@H](c3ccc(CC(C)C)cc3)C(C)C)[nH]c(=O)c2cc1OC. The number of ether oxygens (including phenoxy) is 2. The average molecular weight is 424 g/mol. The number of nitrogens with one attached hydrogen (secondary N) is 2. The average Bonchev–Trinajstić information content (AvgIpc) is 2.73. The summed E-state index contributed by atoms with van der Waals surface area (Å²) < 4.78 is 10.6. The summed E-state index contributed by atoms with van der Waals surface area (Å²) in [4.78, 5) is 20.1. The molecule has 1 aromatic heterocycles. The quantitative estimate of drug-likeness (QED) is 0.525. The molecule has 0 saturated heterocycles. The third-order valence-electron chi connectivity index (χ3n) is 5.40. The Morgan fingerprint density at radius 2 is 1.65 bits per heavy atom. The van der Waals surface area contributed by atoms with E-state index in [4.69, 9.17) is 9.47 Å². The Kier molecular flexibility index (Phi) is 7.33. The van der Waals surface area contributed by atoms with Gasteiger partial charge in [0.05, 0.1) is 31.7 Å². The molecule has 6 nitrogen and oxygen atoms in total. The van der Waals surface area contributed by atoms with Crippen LogP contribution in [0.3, 0.4) is 0 Å². The summed E-state index contributed by atoms with van der Waals surface area (Å²) in [5.74, 6) is 2.67. The van der Waals surface area contributed by atoms with E-state index in [-0.39, 0.29) is 11.6 Å². The minimum Gasteiger partial charge on any atom is -0.493 e. The number of H-pyrrole nitrogens is 1. The molecule has 0 amide bonds. The molecule has 2 aromatic carbocycles. The van der Waals surface area contributed by atoms with Gasteiger partial charge in [-0.1, -0.05) is 52.0 Å². The van der Waals surface area contributed by atoms with Gasteiger partial charge in [-0.15, -0.1) is 0 Å². The second kappa shape index (κ2) is 9.96. The first kappa shape index (κ1) is 22.8. The molecule has 0 aliphatic carbocycles. The van der Waals surface area contributed by atoms with Crippen LogP contribution in [-0.4, -0.2) is 24.2 Å². The number of aromatic amines is 1. The molecule has 1 atom stereocenters. The van der Waals surface area contributed by atoms with E-state index in [1.165, 1.54) is 11.1 Å². The van der Waals surface area contributed by atoms with E-state index in [9.17, 15) is 4.79 Å². The highest BCUT2D eigenvalue weighted by atomic mass is 16.5. The van der Waals surface area contributed by atoms with Crippen LogP contribution < -0.4 is 20.3 Å². The molecule has 0 saturated carbocycles. The number of nitrogens with zero attached hydrogens (tertiary/aromatic N) is 1. The highest BCUT2D eigenvalue weighted by Gasteiger charge is 2.17. The molecule has 0 aliphatic heterocycles. The van der Waals surface area contributed by atoms with Gasteiger partial charge in [0.1, 0.15) is 5.82 Å². The van der Waals surface area contributed by atoms with Crippen LogP contribution in [0.2, 0.25) is 0 Å². The number of aromatic nitrogens is 2. The molecule has 0 unspecified atom stereocenters. The van der Waals surface area contributed by atoms with E-state index in [2.05, 4.69) is 67.2 Å². The summed E-state index contributed by atoms with van der Waals surface area (Å²) in [6.45, 7) is 9.29. The van der Waals surface area contributed by atoms with Crippen LogP contribution in [-0.2, 0) is 13.0 Å². The Bertz CT molecular complexity index is 1070. The van der Waals surface area contributed by atoms with Crippen molar-refractivity contribution in [2.24, 2.45) is 11.8 Å².